The van der Waals surface area contributed by atoms with Crippen LogP contribution in [0, 0.1) is 0 Å². The highest BCUT2D eigenvalue weighted by Crippen LogP contribution is 2.35. The van der Waals surface area contributed by atoms with Gasteiger partial charge in [-0.15, -0.1) is 0 Å². The van der Waals surface area contributed by atoms with Crippen molar-refractivity contribution in [2.24, 2.45) is 0 Å². The molecule has 0 amide bonds. The van der Waals surface area contributed by atoms with Gasteiger partial charge in [-0.05, 0) is 60.1 Å². The Labute approximate surface area is 143 Å². The summed E-state index contributed by atoms with van der Waals surface area (Å²) in [6.45, 7) is 5.32. The predicted molar refractivity (Wildman–Crippen MR) is 95.1 cm³/mol. The van der Waals surface area contributed by atoms with E-state index in [9.17, 15) is 0 Å². The van der Waals surface area contributed by atoms with E-state index in [2.05, 4.69) is 57.1 Å². The molecule has 0 spiro atoms. The van der Waals surface area contributed by atoms with Crippen LogP contribution in [0.1, 0.15) is 31.9 Å². The Morgan fingerprint density at radius 2 is 1.86 bits per heavy atom. The highest BCUT2D eigenvalue weighted by Gasteiger charge is 2.13. The van der Waals surface area contributed by atoms with Crippen LogP contribution in [0.5, 0.6) is 11.5 Å². The van der Waals surface area contributed by atoms with Crippen LogP contribution in [0.4, 0.5) is 0 Å². The lowest BCUT2D eigenvalue weighted by Gasteiger charge is -2.19. The first-order chi connectivity index (χ1) is 10.1. The van der Waals surface area contributed by atoms with E-state index in [0.29, 0.717) is 0 Å². The van der Waals surface area contributed by atoms with Gasteiger partial charge in [-0.25, -0.2) is 0 Å². The molecule has 0 saturated heterocycles. The molecule has 0 aromatic heterocycles. The molecule has 0 fully saturated rings. The molecule has 2 aromatic rings. The third-order valence-electron chi connectivity index (χ3n) is 3.20. The summed E-state index contributed by atoms with van der Waals surface area (Å²) in [6, 6.07) is 14.3. The number of hydrogen-bond acceptors (Lipinski definition) is 2. The van der Waals surface area contributed by atoms with E-state index in [1.54, 1.807) is 0 Å². The molecule has 4 heteroatoms. The van der Waals surface area contributed by atoms with Gasteiger partial charge < -0.3 is 10.1 Å². The van der Waals surface area contributed by atoms with Crippen molar-refractivity contribution in [3.8, 4) is 11.5 Å². The van der Waals surface area contributed by atoms with Gasteiger partial charge in [-0.2, -0.15) is 0 Å². The van der Waals surface area contributed by atoms with Gasteiger partial charge in [0.15, 0.2) is 0 Å². The number of ether oxygens (including phenoxy) is 1. The summed E-state index contributed by atoms with van der Waals surface area (Å²) in [5, 5.41) is 3.50. The zero-order valence-electron chi connectivity index (χ0n) is 12.2. The van der Waals surface area contributed by atoms with Crippen LogP contribution in [0.15, 0.2) is 51.4 Å². The van der Waals surface area contributed by atoms with Crippen LogP contribution < -0.4 is 10.1 Å². The molecule has 2 nitrogen and oxygen atoms in total. The first-order valence-electron chi connectivity index (χ1n) is 7.07. The van der Waals surface area contributed by atoms with Crippen molar-refractivity contribution in [2.45, 2.75) is 26.3 Å². The van der Waals surface area contributed by atoms with Gasteiger partial charge in [0.25, 0.3) is 0 Å². The van der Waals surface area contributed by atoms with Gasteiger partial charge in [0, 0.05) is 16.1 Å². The molecule has 0 aliphatic heterocycles. The summed E-state index contributed by atoms with van der Waals surface area (Å²) < 4.78 is 8.06. The summed E-state index contributed by atoms with van der Waals surface area (Å²) in [6.07, 6.45) is 1.11. The monoisotopic (exact) mass is 411 g/mol. The Bertz CT molecular complexity index is 601. The molecule has 1 N–H and O–H groups in total. The third-order valence-corrected chi connectivity index (χ3v) is 4.35. The van der Waals surface area contributed by atoms with Crippen LogP contribution in [-0.4, -0.2) is 6.54 Å². The van der Waals surface area contributed by atoms with E-state index in [1.807, 2.05) is 36.4 Å². The molecule has 0 saturated carbocycles. The Morgan fingerprint density at radius 1 is 1.10 bits per heavy atom. The van der Waals surface area contributed by atoms with Gasteiger partial charge in [-0.1, -0.05) is 41.1 Å². The van der Waals surface area contributed by atoms with Crippen LogP contribution in [-0.2, 0) is 0 Å². The van der Waals surface area contributed by atoms with Crippen molar-refractivity contribution in [3.05, 3.63) is 57.0 Å². The van der Waals surface area contributed by atoms with Gasteiger partial charge in [0.05, 0.1) is 4.47 Å². The first-order valence-corrected chi connectivity index (χ1v) is 8.65. The average Bonchev–Trinajstić information content (AvgIpc) is 2.47. The molecule has 2 aromatic carbocycles. The second kappa shape index (κ2) is 7.97. The second-order valence-electron chi connectivity index (χ2n) is 4.89. The van der Waals surface area contributed by atoms with Gasteiger partial charge in [0.2, 0.25) is 0 Å². The van der Waals surface area contributed by atoms with Crippen molar-refractivity contribution in [3.63, 3.8) is 0 Å². The maximum absolute atomic E-state index is 6.11. The van der Waals surface area contributed by atoms with Crippen molar-refractivity contribution in [2.75, 3.05) is 6.54 Å². The SMILES string of the molecule is CCCNC(C)c1ccc(Br)cc1Oc1ccccc1Br. The quantitative estimate of drug-likeness (QED) is 0.622. The fraction of sp³-hybridized carbons (Fsp3) is 0.294. The van der Waals surface area contributed by atoms with Gasteiger partial charge >= 0.3 is 0 Å². The molecule has 0 aliphatic carbocycles. The summed E-state index contributed by atoms with van der Waals surface area (Å²) in [7, 11) is 0. The highest BCUT2D eigenvalue weighted by atomic mass is 79.9. The molecule has 2 rings (SSSR count). The zero-order valence-corrected chi connectivity index (χ0v) is 15.4. The molecule has 0 bridgehead atoms. The molecule has 0 radical (unpaired) electrons. The predicted octanol–water partition coefficient (Wildman–Crippen LogP) is 6.06. The number of rotatable bonds is 6. The Kier molecular flexibility index (Phi) is 6.27. The van der Waals surface area contributed by atoms with Crippen LogP contribution in [0.3, 0.4) is 0 Å². The molecule has 1 unspecified atom stereocenters. The maximum atomic E-state index is 6.11. The number of para-hydroxylation sites is 1. The smallest absolute Gasteiger partial charge is 0.141 e. The largest absolute Gasteiger partial charge is 0.456 e. The summed E-state index contributed by atoms with van der Waals surface area (Å²) in [5.41, 5.74) is 1.16. The van der Waals surface area contributed by atoms with Crippen molar-refractivity contribution >= 4 is 31.9 Å². The van der Waals surface area contributed by atoms with Gasteiger partial charge in [0.1, 0.15) is 11.5 Å². The summed E-state index contributed by atoms with van der Waals surface area (Å²) in [5.74, 6) is 1.69. The van der Waals surface area contributed by atoms with Crippen molar-refractivity contribution in [1.82, 2.24) is 5.32 Å². The fourth-order valence-electron chi connectivity index (χ4n) is 2.07. The number of nitrogens with one attached hydrogen (secondary N) is 1. The Hall–Kier alpha value is -0.840. The Balaban J connectivity index is 2.29. The molecular weight excluding hydrogens is 394 g/mol. The number of halogens is 2. The lowest BCUT2D eigenvalue weighted by molar-refractivity contribution is 0.458. The molecule has 0 aliphatic rings. The summed E-state index contributed by atoms with van der Waals surface area (Å²) >= 11 is 7.04. The van der Waals surface area contributed by atoms with Crippen LogP contribution in [0.25, 0.3) is 0 Å². The van der Waals surface area contributed by atoms with E-state index in [-0.39, 0.29) is 6.04 Å². The maximum Gasteiger partial charge on any atom is 0.141 e. The van der Waals surface area contributed by atoms with Crippen molar-refractivity contribution in [1.29, 1.82) is 0 Å². The van der Waals surface area contributed by atoms with Crippen molar-refractivity contribution < 1.29 is 4.74 Å². The topological polar surface area (TPSA) is 21.3 Å². The third kappa shape index (κ3) is 4.56. The summed E-state index contributed by atoms with van der Waals surface area (Å²) in [4.78, 5) is 0. The fourth-order valence-corrected chi connectivity index (χ4v) is 2.78. The van der Waals surface area contributed by atoms with E-state index >= 15 is 0 Å². The van der Waals surface area contributed by atoms with E-state index in [0.717, 1.165) is 39.0 Å². The molecule has 1 atom stereocenters. The van der Waals surface area contributed by atoms with Gasteiger partial charge in [-0.3, -0.25) is 0 Å². The number of benzene rings is 2. The minimum absolute atomic E-state index is 0.246. The van der Waals surface area contributed by atoms with E-state index < -0.39 is 0 Å². The van der Waals surface area contributed by atoms with E-state index in [4.69, 9.17) is 4.74 Å². The normalized spacial score (nSPS) is 12.2. The lowest BCUT2D eigenvalue weighted by Crippen LogP contribution is -2.19. The van der Waals surface area contributed by atoms with E-state index in [1.165, 1.54) is 0 Å². The number of hydrogen-bond donors (Lipinski definition) is 1. The molecular formula is C17H19Br2NO. The van der Waals surface area contributed by atoms with Crippen LogP contribution >= 0.6 is 31.9 Å². The minimum atomic E-state index is 0.246. The first kappa shape index (κ1) is 16.5. The molecule has 0 heterocycles. The highest BCUT2D eigenvalue weighted by molar-refractivity contribution is 9.10. The Morgan fingerprint density at radius 3 is 2.57 bits per heavy atom. The minimum Gasteiger partial charge on any atom is -0.456 e. The standard InChI is InChI=1S/C17H19Br2NO/c1-3-10-20-12(2)14-9-8-13(18)11-17(14)21-16-7-5-4-6-15(16)19/h4-9,11-12,20H,3,10H2,1-2H3. The average molecular weight is 413 g/mol. The lowest BCUT2D eigenvalue weighted by atomic mass is 10.1. The molecule has 21 heavy (non-hydrogen) atoms. The van der Waals surface area contributed by atoms with Crippen LogP contribution in [0.2, 0.25) is 0 Å². The zero-order chi connectivity index (χ0) is 15.2. The second-order valence-corrected chi connectivity index (χ2v) is 6.66. The molecule has 112 valence electrons.